The Hall–Kier alpha value is -2.76. The van der Waals surface area contributed by atoms with Gasteiger partial charge in [0.2, 0.25) is 5.95 Å². The largest absolute Gasteiger partial charge is 0.489 e. The molecular formula is C29H41ClN8OS. The lowest BCUT2D eigenvalue weighted by Gasteiger charge is -2.36. The van der Waals surface area contributed by atoms with Crippen LogP contribution in [0.4, 0.5) is 28.8 Å². The van der Waals surface area contributed by atoms with Gasteiger partial charge in [0.25, 0.3) is 0 Å². The van der Waals surface area contributed by atoms with Gasteiger partial charge in [-0.1, -0.05) is 23.7 Å². The molecule has 0 saturated carbocycles. The summed E-state index contributed by atoms with van der Waals surface area (Å²) in [6, 6.07) is 14.3. The molecular weight excluding hydrogens is 544 g/mol. The van der Waals surface area contributed by atoms with E-state index in [2.05, 4.69) is 62.6 Å². The fraction of sp³-hybridized carbons (Fsp3) is 0.448. The Morgan fingerprint density at radius 3 is 2.45 bits per heavy atom. The molecule has 3 aromatic rings. The van der Waals surface area contributed by atoms with Gasteiger partial charge < -0.3 is 25.2 Å². The molecule has 2 heterocycles. The number of halogens is 1. The quantitative estimate of drug-likeness (QED) is 0.261. The highest BCUT2D eigenvalue weighted by molar-refractivity contribution is 7.97. The van der Waals surface area contributed by atoms with Crippen LogP contribution in [0.25, 0.3) is 0 Å². The molecule has 2 aromatic carbocycles. The van der Waals surface area contributed by atoms with E-state index in [1.807, 2.05) is 56.5 Å². The minimum atomic E-state index is 0.0211. The first-order valence-electron chi connectivity index (χ1n) is 13.6. The van der Waals surface area contributed by atoms with E-state index in [9.17, 15) is 0 Å². The van der Waals surface area contributed by atoms with E-state index in [4.69, 9.17) is 21.3 Å². The summed E-state index contributed by atoms with van der Waals surface area (Å²) < 4.78 is 8.27. The van der Waals surface area contributed by atoms with Gasteiger partial charge in [0.15, 0.2) is 5.82 Å². The summed E-state index contributed by atoms with van der Waals surface area (Å²) in [5.41, 5.74) is 2.88. The second-order valence-corrected chi connectivity index (χ2v) is 12.3. The third-order valence-corrected chi connectivity index (χ3v) is 7.53. The first kappa shape index (κ1) is 30.2. The van der Waals surface area contributed by atoms with Crippen molar-refractivity contribution >= 4 is 52.4 Å². The van der Waals surface area contributed by atoms with Crippen LogP contribution < -0.4 is 20.3 Å². The Morgan fingerprint density at radius 2 is 1.75 bits per heavy atom. The molecule has 0 aliphatic carbocycles. The molecule has 0 spiro atoms. The number of para-hydroxylation sites is 1. The summed E-state index contributed by atoms with van der Waals surface area (Å²) >= 11 is 8.12. The minimum Gasteiger partial charge on any atom is -0.489 e. The van der Waals surface area contributed by atoms with E-state index < -0.39 is 0 Å². The van der Waals surface area contributed by atoms with Crippen LogP contribution in [0.2, 0.25) is 5.02 Å². The first-order valence-corrected chi connectivity index (χ1v) is 14.8. The number of anilines is 5. The van der Waals surface area contributed by atoms with Gasteiger partial charge in [-0.2, -0.15) is 4.98 Å². The van der Waals surface area contributed by atoms with Gasteiger partial charge in [0.1, 0.15) is 10.8 Å². The van der Waals surface area contributed by atoms with Crippen molar-refractivity contribution in [3.8, 4) is 5.75 Å². The third kappa shape index (κ3) is 8.62. The van der Waals surface area contributed by atoms with E-state index in [0.717, 1.165) is 67.0 Å². The fourth-order valence-electron chi connectivity index (χ4n) is 4.34. The molecule has 1 aromatic heterocycles. The molecule has 0 radical (unpaired) electrons. The van der Waals surface area contributed by atoms with E-state index in [1.54, 1.807) is 18.1 Å². The van der Waals surface area contributed by atoms with E-state index in [-0.39, 0.29) is 6.10 Å². The predicted molar refractivity (Wildman–Crippen MR) is 169 cm³/mol. The summed E-state index contributed by atoms with van der Waals surface area (Å²) in [7, 11) is 8.27. The molecule has 11 heteroatoms. The zero-order valence-corrected chi connectivity index (χ0v) is 25.9. The zero-order chi connectivity index (χ0) is 28.6. The van der Waals surface area contributed by atoms with Crippen molar-refractivity contribution < 1.29 is 4.74 Å². The standard InChI is InChI=1S/C29H41ClN8OS/c1-21(2)39-26-19-22(38-17-15-37(16-18-38)14-13-35(3)4)11-12-24(26)33-29-31-20-23(30)28(34-29)32-25-9-7-8-10-27(25)40-36(5)6/h7-12,19-21H,13-18H2,1-6H3,(H2,31,32,33,34). The van der Waals surface area contributed by atoms with Crippen molar-refractivity contribution in [2.24, 2.45) is 0 Å². The van der Waals surface area contributed by atoms with Crippen molar-refractivity contribution in [1.29, 1.82) is 0 Å². The van der Waals surface area contributed by atoms with Gasteiger partial charge in [-0.15, -0.1) is 0 Å². The molecule has 0 unspecified atom stereocenters. The Kier molecular flexibility index (Phi) is 10.7. The zero-order valence-electron chi connectivity index (χ0n) is 24.3. The van der Waals surface area contributed by atoms with Crippen molar-refractivity contribution in [3.05, 3.63) is 53.7 Å². The molecule has 1 fully saturated rings. The Balaban J connectivity index is 1.50. The highest BCUT2D eigenvalue weighted by Crippen LogP contribution is 2.35. The van der Waals surface area contributed by atoms with Crippen LogP contribution in [0.3, 0.4) is 0 Å². The second kappa shape index (κ2) is 14.2. The fourth-order valence-corrected chi connectivity index (χ4v) is 5.23. The molecule has 216 valence electrons. The van der Waals surface area contributed by atoms with Gasteiger partial charge in [-0.3, -0.25) is 9.21 Å². The van der Waals surface area contributed by atoms with Gasteiger partial charge in [0.05, 0.1) is 23.7 Å². The second-order valence-electron chi connectivity index (χ2n) is 10.5. The number of aromatic nitrogens is 2. The number of piperazine rings is 1. The third-order valence-electron chi connectivity index (χ3n) is 6.34. The topological polar surface area (TPSA) is 72.0 Å². The van der Waals surface area contributed by atoms with Gasteiger partial charge in [-0.05, 0) is 78.3 Å². The monoisotopic (exact) mass is 584 g/mol. The minimum absolute atomic E-state index is 0.0211. The smallest absolute Gasteiger partial charge is 0.229 e. The Morgan fingerprint density at radius 1 is 1.00 bits per heavy atom. The summed E-state index contributed by atoms with van der Waals surface area (Å²) in [5.74, 6) is 1.73. The molecule has 1 saturated heterocycles. The summed E-state index contributed by atoms with van der Waals surface area (Å²) in [6.45, 7) is 10.3. The van der Waals surface area contributed by atoms with Crippen LogP contribution in [0.15, 0.2) is 53.6 Å². The van der Waals surface area contributed by atoms with E-state index in [1.165, 1.54) is 0 Å². The molecule has 4 rings (SSSR count). The highest BCUT2D eigenvalue weighted by Gasteiger charge is 2.19. The molecule has 9 nitrogen and oxygen atoms in total. The number of nitrogens with one attached hydrogen (secondary N) is 2. The van der Waals surface area contributed by atoms with Crippen LogP contribution in [-0.4, -0.2) is 97.6 Å². The van der Waals surface area contributed by atoms with Crippen LogP contribution in [0, 0.1) is 0 Å². The Bertz CT molecular complexity index is 1250. The first-order chi connectivity index (χ1) is 19.2. The number of likely N-dealkylation sites (N-methyl/N-ethyl adjacent to an activating group) is 1. The molecule has 0 amide bonds. The molecule has 0 atom stereocenters. The number of nitrogens with zero attached hydrogens (tertiary/aromatic N) is 6. The summed E-state index contributed by atoms with van der Waals surface area (Å²) in [4.78, 5) is 17.4. The molecule has 0 bridgehead atoms. The maximum absolute atomic E-state index is 6.49. The predicted octanol–water partition coefficient (Wildman–Crippen LogP) is 5.66. The molecule has 2 N–H and O–H groups in total. The van der Waals surface area contributed by atoms with Crippen molar-refractivity contribution in [2.75, 3.05) is 83.0 Å². The van der Waals surface area contributed by atoms with Crippen LogP contribution in [-0.2, 0) is 0 Å². The number of hydrogen-bond acceptors (Lipinski definition) is 10. The lowest BCUT2D eigenvalue weighted by atomic mass is 10.2. The lowest BCUT2D eigenvalue weighted by Crippen LogP contribution is -2.48. The molecule has 1 aliphatic heterocycles. The van der Waals surface area contributed by atoms with Crippen molar-refractivity contribution in [3.63, 3.8) is 0 Å². The lowest BCUT2D eigenvalue weighted by molar-refractivity contribution is 0.229. The Labute approximate surface area is 248 Å². The van der Waals surface area contributed by atoms with Crippen LogP contribution in [0.1, 0.15) is 13.8 Å². The number of benzene rings is 2. The van der Waals surface area contributed by atoms with Gasteiger partial charge in [0, 0.05) is 55.9 Å². The average Bonchev–Trinajstić information content (AvgIpc) is 2.91. The number of hydrogen-bond donors (Lipinski definition) is 2. The van der Waals surface area contributed by atoms with Crippen LogP contribution >= 0.6 is 23.5 Å². The van der Waals surface area contributed by atoms with E-state index in [0.29, 0.717) is 16.8 Å². The SMILES string of the molecule is CC(C)Oc1cc(N2CCN(CCN(C)C)CC2)ccc1Nc1ncc(Cl)c(Nc2ccccc2SN(C)C)n1. The molecule has 1 aliphatic rings. The van der Waals surface area contributed by atoms with Gasteiger partial charge >= 0.3 is 0 Å². The van der Waals surface area contributed by atoms with Crippen LogP contribution in [0.5, 0.6) is 5.75 Å². The highest BCUT2D eigenvalue weighted by atomic mass is 35.5. The summed E-state index contributed by atoms with van der Waals surface area (Å²) in [5, 5.41) is 7.17. The number of rotatable bonds is 12. The van der Waals surface area contributed by atoms with Crippen molar-refractivity contribution in [1.82, 2.24) is 24.1 Å². The van der Waals surface area contributed by atoms with E-state index >= 15 is 0 Å². The van der Waals surface area contributed by atoms with Crippen molar-refractivity contribution in [2.45, 2.75) is 24.8 Å². The van der Waals surface area contributed by atoms with Gasteiger partial charge in [-0.25, -0.2) is 4.98 Å². The molecule has 40 heavy (non-hydrogen) atoms. The maximum atomic E-state index is 6.49. The summed E-state index contributed by atoms with van der Waals surface area (Å²) in [6.07, 6.45) is 1.63. The normalized spacial score (nSPS) is 14.3. The number of ether oxygens (including phenoxy) is 1. The maximum Gasteiger partial charge on any atom is 0.229 e. The average molecular weight is 585 g/mol.